The fraction of sp³-hybridized carbons (Fsp3) is 0.133. The molecule has 0 unspecified atom stereocenters. The Kier molecular flexibility index (Phi) is 4.02. The number of hydrogen-bond acceptors (Lipinski definition) is 2. The Morgan fingerprint density at radius 1 is 1.11 bits per heavy atom. The van der Waals surface area contributed by atoms with Gasteiger partial charge in [0.15, 0.2) is 5.78 Å². The molecule has 0 spiro atoms. The van der Waals surface area contributed by atoms with E-state index in [-0.39, 0.29) is 5.56 Å². The lowest BCUT2D eigenvalue weighted by Crippen LogP contribution is -2.07. The highest BCUT2D eigenvalue weighted by Crippen LogP contribution is 2.16. The highest BCUT2D eigenvalue weighted by atomic mass is 19.1. The van der Waals surface area contributed by atoms with Crippen molar-refractivity contribution in [2.24, 2.45) is 5.73 Å². The Bertz CT molecular complexity index is 611. The van der Waals surface area contributed by atoms with E-state index in [0.717, 1.165) is 23.8 Å². The number of benzene rings is 2. The van der Waals surface area contributed by atoms with Gasteiger partial charge >= 0.3 is 0 Å². The minimum Gasteiger partial charge on any atom is -0.330 e. The summed E-state index contributed by atoms with van der Waals surface area (Å²) in [6.07, 6.45) is 0.632. The monoisotopic (exact) mass is 261 g/mol. The smallest absolute Gasteiger partial charge is 0.196 e. The molecule has 0 radical (unpaired) electrons. The van der Waals surface area contributed by atoms with Crippen molar-refractivity contribution in [2.45, 2.75) is 6.42 Å². The zero-order chi connectivity index (χ0) is 13.8. The van der Waals surface area contributed by atoms with E-state index in [4.69, 9.17) is 5.73 Å². The van der Waals surface area contributed by atoms with Gasteiger partial charge in [-0.3, -0.25) is 4.79 Å². The van der Waals surface area contributed by atoms with Gasteiger partial charge in [0.1, 0.15) is 11.6 Å². The lowest BCUT2D eigenvalue weighted by atomic mass is 10.00. The van der Waals surface area contributed by atoms with Gasteiger partial charge < -0.3 is 5.73 Å². The van der Waals surface area contributed by atoms with Gasteiger partial charge in [-0.1, -0.05) is 18.2 Å². The van der Waals surface area contributed by atoms with Gasteiger partial charge in [-0.2, -0.15) is 0 Å². The molecule has 2 aromatic rings. The van der Waals surface area contributed by atoms with Gasteiger partial charge in [0.05, 0.1) is 5.56 Å². The molecular weight excluding hydrogens is 248 g/mol. The molecule has 0 heterocycles. The molecule has 2 nitrogen and oxygen atoms in total. The van der Waals surface area contributed by atoms with Gasteiger partial charge in [-0.15, -0.1) is 0 Å². The zero-order valence-electron chi connectivity index (χ0n) is 10.2. The summed E-state index contributed by atoms with van der Waals surface area (Å²) in [6, 6.07) is 9.61. The molecule has 2 rings (SSSR count). The molecule has 0 saturated carbocycles. The van der Waals surface area contributed by atoms with Crippen LogP contribution < -0.4 is 5.73 Å². The third-order valence-corrected chi connectivity index (χ3v) is 2.80. The van der Waals surface area contributed by atoms with Crippen LogP contribution in [-0.2, 0) is 6.42 Å². The minimum atomic E-state index is -0.726. The van der Waals surface area contributed by atoms with Crippen molar-refractivity contribution < 1.29 is 13.6 Å². The quantitative estimate of drug-likeness (QED) is 0.860. The van der Waals surface area contributed by atoms with Crippen molar-refractivity contribution in [1.82, 2.24) is 0 Å². The summed E-state index contributed by atoms with van der Waals surface area (Å²) in [4.78, 5) is 12.1. The van der Waals surface area contributed by atoms with Gasteiger partial charge in [0.2, 0.25) is 0 Å². The van der Waals surface area contributed by atoms with Crippen molar-refractivity contribution in [2.75, 3.05) is 6.54 Å². The first kappa shape index (κ1) is 13.4. The highest BCUT2D eigenvalue weighted by Gasteiger charge is 2.15. The van der Waals surface area contributed by atoms with Crippen LogP contribution in [0.1, 0.15) is 21.5 Å². The van der Waals surface area contributed by atoms with Crippen LogP contribution in [-0.4, -0.2) is 12.3 Å². The molecule has 0 bridgehead atoms. The van der Waals surface area contributed by atoms with E-state index >= 15 is 0 Å². The van der Waals surface area contributed by atoms with Gasteiger partial charge in [-0.25, -0.2) is 8.78 Å². The number of halogens is 2. The van der Waals surface area contributed by atoms with E-state index in [2.05, 4.69) is 0 Å². The van der Waals surface area contributed by atoms with E-state index in [1.807, 2.05) is 6.07 Å². The molecule has 0 amide bonds. The topological polar surface area (TPSA) is 43.1 Å². The Morgan fingerprint density at radius 3 is 2.63 bits per heavy atom. The molecule has 0 aromatic heterocycles. The maximum Gasteiger partial charge on any atom is 0.196 e. The Hall–Kier alpha value is -2.07. The number of hydrogen-bond donors (Lipinski definition) is 1. The first-order chi connectivity index (χ1) is 9.11. The lowest BCUT2D eigenvalue weighted by Gasteiger charge is -2.05. The fourth-order valence-electron chi connectivity index (χ4n) is 1.86. The second kappa shape index (κ2) is 5.71. The molecule has 98 valence electrons. The van der Waals surface area contributed by atoms with Crippen LogP contribution in [0.2, 0.25) is 0 Å². The standard InChI is InChI=1S/C15H13F2NO/c16-12-4-5-14(17)13(9-12)15(19)11-3-1-2-10(8-11)6-7-18/h1-5,8-9H,6-7,18H2. The SMILES string of the molecule is NCCc1cccc(C(=O)c2cc(F)ccc2F)c1. The van der Waals surface area contributed by atoms with E-state index in [1.54, 1.807) is 18.2 Å². The molecule has 2 N–H and O–H groups in total. The Morgan fingerprint density at radius 2 is 1.89 bits per heavy atom. The van der Waals surface area contributed by atoms with Crippen molar-refractivity contribution in [3.05, 3.63) is 70.8 Å². The van der Waals surface area contributed by atoms with Gasteiger partial charge in [-0.05, 0) is 42.8 Å². The molecule has 4 heteroatoms. The normalized spacial score (nSPS) is 10.5. The average Bonchev–Trinajstić information content (AvgIpc) is 2.41. The third kappa shape index (κ3) is 3.03. The van der Waals surface area contributed by atoms with E-state index in [0.29, 0.717) is 18.5 Å². The summed E-state index contributed by atoms with van der Waals surface area (Å²) >= 11 is 0. The zero-order valence-corrected chi connectivity index (χ0v) is 10.2. The summed E-state index contributed by atoms with van der Waals surface area (Å²) in [5.41, 5.74) is 6.41. The van der Waals surface area contributed by atoms with Crippen LogP contribution in [0.5, 0.6) is 0 Å². The first-order valence-corrected chi connectivity index (χ1v) is 5.90. The maximum atomic E-state index is 13.5. The van der Waals surface area contributed by atoms with Crippen molar-refractivity contribution in [3.8, 4) is 0 Å². The molecular formula is C15H13F2NO. The molecule has 0 aliphatic rings. The van der Waals surface area contributed by atoms with Crippen LogP contribution in [0.15, 0.2) is 42.5 Å². The van der Waals surface area contributed by atoms with Crippen LogP contribution in [0.25, 0.3) is 0 Å². The molecule has 19 heavy (non-hydrogen) atoms. The Balaban J connectivity index is 2.38. The average molecular weight is 261 g/mol. The van der Waals surface area contributed by atoms with Crippen molar-refractivity contribution >= 4 is 5.78 Å². The minimum absolute atomic E-state index is 0.259. The maximum absolute atomic E-state index is 13.5. The second-order valence-electron chi connectivity index (χ2n) is 4.19. The van der Waals surface area contributed by atoms with E-state index in [9.17, 15) is 13.6 Å². The Labute approximate surface area is 109 Å². The van der Waals surface area contributed by atoms with Gasteiger partial charge in [0, 0.05) is 5.56 Å². The predicted octanol–water partition coefficient (Wildman–Crippen LogP) is 2.70. The number of carbonyl (C=O) groups is 1. The largest absolute Gasteiger partial charge is 0.330 e. The molecule has 2 aromatic carbocycles. The van der Waals surface area contributed by atoms with Crippen molar-refractivity contribution in [3.63, 3.8) is 0 Å². The number of carbonyl (C=O) groups excluding carboxylic acids is 1. The van der Waals surface area contributed by atoms with Crippen LogP contribution in [0.4, 0.5) is 8.78 Å². The molecule has 0 fully saturated rings. The summed E-state index contributed by atoms with van der Waals surface area (Å²) in [7, 11) is 0. The first-order valence-electron chi connectivity index (χ1n) is 5.90. The van der Waals surface area contributed by atoms with Gasteiger partial charge in [0.25, 0.3) is 0 Å². The molecule has 0 aliphatic heterocycles. The third-order valence-electron chi connectivity index (χ3n) is 2.80. The second-order valence-corrected chi connectivity index (χ2v) is 4.19. The van der Waals surface area contributed by atoms with Crippen LogP contribution in [0.3, 0.4) is 0 Å². The van der Waals surface area contributed by atoms with Crippen LogP contribution >= 0.6 is 0 Å². The predicted molar refractivity (Wildman–Crippen MR) is 69.0 cm³/mol. The van der Waals surface area contributed by atoms with E-state index in [1.165, 1.54) is 0 Å². The summed E-state index contributed by atoms with van der Waals surface area (Å²) in [5.74, 6) is -1.89. The summed E-state index contributed by atoms with van der Waals surface area (Å²) in [6.45, 7) is 0.464. The van der Waals surface area contributed by atoms with Crippen molar-refractivity contribution in [1.29, 1.82) is 0 Å². The highest BCUT2D eigenvalue weighted by molar-refractivity contribution is 6.09. The summed E-state index contributed by atoms with van der Waals surface area (Å²) in [5, 5.41) is 0. The number of rotatable bonds is 4. The fourth-order valence-corrected chi connectivity index (χ4v) is 1.86. The molecule has 0 atom stereocenters. The van der Waals surface area contributed by atoms with Crippen LogP contribution in [0, 0.1) is 11.6 Å². The molecule has 0 aliphatic carbocycles. The number of nitrogens with two attached hydrogens (primary N) is 1. The lowest BCUT2D eigenvalue weighted by molar-refractivity contribution is 0.103. The van der Waals surface area contributed by atoms with E-state index < -0.39 is 17.4 Å². The molecule has 0 saturated heterocycles. The number of ketones is 1. The summed E-state index contributed by atoms with van der Waals surface area (Å²) < 4.78 is 26.6.